The van der Waals surface area contributed by atoms with Crippen LogP contribution in [0.2, 0.25) is 0 Å². The largest absolute Gasteiger partial charge is 0.508 e. The maximum absolute atomic E-state index is 13.8. The maximum Gasteiger partial charge on any atom is 0.223 e. The van der Waals surface area contributed by atoms with E-state index < -0.39 is 23.5 Å². The Bertz CT molecular complexity index is 1060. The second-order valence-corrected chi connectivity index (χ2v) is 12.1. The van der Waals surface area contributed by atoms with Gasteiger partial charge in [0.2, 0.25) is 5.91 Å². The zero-order chi connectivity index (χ0) is 28.7. The Hall–Kier alpha value is -2.62. The van der Waals surface area contributed by atoms with Gasteiger partial charge in [0.05, 0.1) is 32.4 Å². The highest BCUT2D eigenvalue weighted by Gasteiger charge is 2.50. The average Bonchev–Trinajstić information content (AvgIpc) is 3.46. The summed E-state index contributed by atoms with van der Waals surface area (Å²) in [5.74, 6) is -1.22. The van der Waals surface area contributed by atoms with Crippen LogP contribution in [0.15, 0.2) is 24.3 Å². The number of hydrogen-bond donors (Lipinski definition) is 2. The third-order valence-electron chi connectivity index (χ3n) is 8.55. The van der Waals surface area contributed by atoms with Gasteiger partial charge in [0, 0.05) is 37.8 Å². The number of hydrogen-bond acceptors (Lipinski definition) is 8. The first-order valence-corrected chi connectivity index (χ1v) is 14.7. The summed E-state index contributed by atoms with van der Waals surface area (Å²) in [6, 6.07) is 5.73. The van der Waals surface area contributed by atoms with Crippen molar-refractivity contribution in [1.82, 2.24) is 10.2 Å². The van der Waals surface area contributed by atoms with Crippen LogP contribution in [0, 0.1) is 17.8 Å². The summed E-state index contributed by atoms with van der Waals surface area (Å²) < 4.78 is 10.8. The number of ketones is 3. The van der Waals surface area contributed by atoms with E-state index in [4.69, 9.17) is 9.47 Å². The van der Waals surface area contributed by atoms with Gasteiger partial charge >= 0.3 is 0 Å². The number of carbonyl (C=O) groups excluding carboxylic acids is 4. The first kappa shape index (κ1) is 30.3. The van der Waals surface area contributed by atoms with E-state index in [1.54, 1.807) is 38.1 Å². The number of rotatable bonds is 15. The molecule has 1 saturated carbocycles. The van der Waals surface area contributed by atoms with E-state index in [0.29, 0.717) is 50.8 Å². The van der Waals surface area contributed by atoms with E-state index in [1.807, 2.05) is 4.90 Å². The van der Waals surface area contributed by atoms with Crippen molar-refractivity contribution in [3.8, 4) is 5.75 Å². The Morgan fingerprint density at radius 2 is 1.82 bits per heavy atom. The molecule has 0 bridgehead atoms. The van der Waals surface area contributed by atoms with E-state index >= 15 is 0 Å². The molecule has 9 nitrogen and oxygen atoms in total. The van der Waals surface area contributed by atoms with Crippen LogP contribution >= 0.6 is 0 Å². The first-order chi connectivity index (χ1) is 19.1. The van der Waals surface area contributed by atoms with Crippen LogP contribution in [0.3, 0.4) is 0 Å². The number of Topliss-reactive ketones (excluding diaryl/α,β-unsaturated/α-hetero) is 3. The Morgan fingerprint density at radius 3 is 2.48 bits per heavy atom. The molecule has 1 aromatic carbocycles. The van der Waals surface area contributed by atoms with Crippen molar-refractivity contribution in [3.05, 3.63) is 29.8 Å². The minimum Gasteiger partial charge on any atom is -0.508 e. The number of nitrogens with zero attached hydrogens (tertiary/aromatic N) is 1. The number of aromatic hydroxyl groups is 1. The summed E-state index contributed by atoms with van der Waals surface area (Å²) in [5.41, 5.74) is -0.117. The Balaban J connectivity index is 1.43. The molecule has 0 spiro atoms. The lowest BCUT2D eigenvalue weighted by molar-refractivity contribution is -0.134. The van der Waals surface area contributed by atoms with E-state index in [0.717, 1.165) is 25.7 Å². The number of epoxide rings is 1. The molecule has 4 unspecified atom stereocenters. The molecule has 4 atom stereocenters. The van der Waals surface area contributed by atoms with Gasteiger partial charge in [-0.3, -0.25) is 24.1 Å². The van der Waals surface area contributed by atoms with Gasteiger partial charge in [-0.25, -0.2) is 0 Å². The van der Waals surface area contributed by atoms with Crippen molar-refractivity contribution in [2.75, 3.05) is 39.5 Å². The SMILES string of the molecule is CC(CC(=O)CN1CCOCC1)C(=O)NC(Cc1cccc(O)c1)C(=O)CC(CC1CCCC1)C(=O)C1(C)CO1. The second kappa shape index (κ2) is 13.8. The molecule has 1 amide bonds. The maximum atomic E-state index is 13.8. The predicted octanol–water partition coefficient (Wildman–Crippen LogP) is 2.86. The molecule has 4 rings (SSSR count). The van der Waals surface area contributed by atoms with Crippen LogP contribution in [-0.4, -0.2) is 84.4 Å². The lowest BCUT2D eigenvalue weighted by Gasteiger charge is -2.26. The van der Waals surface area contributed by atoms with Crippen LogP contribution in [0.5, 0.6) is 5.75 Å². The number of phenols is 1. The summed E-state index contributed by atoms with van der Waals surface area (Å²) in [6.45, 7) is 6.70. The smallest absolute Gasteiger partial charge is 0.223 e. The van der Waals surface area contributed by atoms with Gasteiger partial charge in [0.15, 0.2) is 11.6 Å². The highest BCUT2D eigenvalue weighted by atomic mass is 16.6. The van der Waals surface area contributed by atoms with Gasteiger partial charge < -0.3 is 19.9 Å². The van der Waals surface area contributed by atoms with E-state index in [9.17, 15) is 24.3 Å². The molecular weight excluding hydrogens is 512 g/mol. The molecule has 1 aliphatic carbocycles. The van der Waals surface area contributed by atoms with Crippen LogP contribution in [0.25, 0.3) is 0 Å². The molecule has 3 aliphatic rings. The number of ether oxygens (including phenoxy) is 2. The quantitative estimate of drug-likeness (QED) is 0.316. The highest BCUT2D eigenvalue weighted by Crippen LogP contribution is 2.37. The molecule has 40 heavy (non-hydrogen) atoms. The van der Waals surface area contributed by atoms with Gasteiger partial charge in [0.25, 0.3) is 0 Å². The molecule has 2 saturated heterocycles. The third-order valence-corrected chi connectivity index (χ3v) is 8.55. The standard InChI is InChI=1S/C31H44N2O7/c1-21(14-26(35)19-33-10-12-39-13-11-33)30(38)32-27(17-23-8-5-9-25(34)16-23)28(36)18-24(15-22-6-3-4-7-22)29(37)31(2)20-40-31/h5,8-9,16,21-22,24,27,34H,3-4,6-7,10-15,17-20H2,1-2H3,(H,32,38). The molecule has 2 aliphatic heterocycles. The molecule has 0 radical (unpaired) electrons. The second-order valence-electron chi connectivity index (χ2n) is 12.1. The van der Waals surface area contributed by atoms with Crippen molar-refractivity contribution < 1.29 is 33.8 Å². The summed E-state index contributed by atoms with van der Waals surface area (Å²) in [7, 11) is 0. The fraction of sp³-hybridized carbons (Fsp3) is 0.677. The van der Waals surface area contributed by atoms with Crippen molar-refractivity contribution in [3.63, 3.8) is 0 Å². The fourth-order valence-corrected chi connectivity index (χ4v) is 5.98. The van der Waals surface area contributed by atoms with Crippen LogP contribution in [0.4, 0.5) is 0 Å². The van der Waals surface area contributed by atoms with Gasteiger partial charge in [-0.2, -0.15) is 0 Å². The predicted molar refractivity (Wildman–Crippen MR) is 149 cm³/mol. The number of nitrogens with one attached hydrogen (secondary N) is 1. The van der Waals surface area contributed by atoms with Crippen molar-refractivity contribution in [1.29, 1.82) is 0 Å². The minimum absolute atomic E-state index is 0.0275. The lowest BCUT2D eigenvalue weighted by atomic mass is 9.81. The zero-order valence-electron chi connectivity index (χ0n) is 23.9. The molecule has 9 heteroatoms. The first-order valence-electron chi connectivity index (χ1n) is 14.7. The molecule has 0 aromatic heterocycles. The molecular formula is C31H44N2O7. The number of benzene rings is 1. The number of amides is 1. The fourth-order valence-electron chi connectivity index (χ4n) is 5.98. The van der Waals surface area contributed by atoms with Crippen molar-refractivity contribution >= 4 is 23.3 Å². The molecule has 2 heterocycles. The Labute approximate surface area is 237 Å². The normalized spacial score (nSPS) is 23.8. The number of morpholine rings is 1. The van der Waals surface area contributed by atoms with Crippen LogP contribution in [0.1, 0.15) is 64.4 Å². The Kier molecular flexibility index (Phi) is 10.5. The monoisotopic (exact) mass is 556 g/mol. The van der Waals surface area contributed by atoms with Gasteiger partial charge in [-0.1, -0.05) is 44.7 Å². The van der Waals surface area contributed by atoms with Crippen LogP contribution < -0.4 is 5.32 Å². The average molecular weight is 557 g/mol. The topological polar surface area (TPSA) is 126 Å². The van der Waals surface area contributed by atoms with E-state index in [-0.39, 0.29) is 54.8 Å². The zero-order valence-corrected chi connectivity index (χ0v) is 23.9. The number of carbonyl (C=O) groups is 4. The Morgan fingerprint density at radius 1 is 1.12 bits per heavy atom. The van der Waals surface area contributed by atoms with E-state index in [1.165, 1.54) is 0 Å². The highest BCUT2D eigenvalue weighted by molar-refractivity contribution is 5.97. The van der Waals surface area contributed by atoms with Gasteiger partial charge in [-0.05, 0) is 43.4 Å². The third kappa shape index (κ3) is 8.69. The van der Waals surface area contributed by atoms with Crippen LogP contribution in [-0.2, 0) is 35.1 Å². The van der Waals surface area contributed by atoms with Gasteiger partial charge in [0.1, 0.15) is 17.1 Å². The van der Waals surface area contributed by atoms with E-state index in [2.05, 4.69) is 5.32 Å². The molecule has 3 fully saturated rings. The molecule has 220 valence electrons. The van der Waals surface area contributed by atoms with Crippen molar-refractivity contribution in [2.45, 2.75) is 76.9 Å². The summed E-state index contributed by atoms with van der Waals surface area (Å²) in [6.07, 6.45) is 5.37. The summed E-state index contributed by atoms with van der Waals surface area (Å²) >= 11 is 0. The summed E-state index contributed by atoms with van der Waals surface area (Å²) in [5, 5.41) is 12.8. The van der Waals surface area contributed by atoms with Gasteiger partial charge in [-0.15, -0.1) is 0 Å². The minimum atomic E-state index is -0.877. The van der Waals surface area contributed by atoms with Crippen molar-refractivity contribution in [2.24, 2.45) is 17.8 Å². The summed E-state index contributed by atoms with van der Waals surface area (Å²) in [4.78, 5) is 55.0. The molecule has 2 N–H and O–H groups in total. The molecule has 1 aromatic rings. The number of phenolic OH excluding ortho intramolecular Hbond substituents is 1. The lowest BCUT2D eigenvalue weighted by Crippen LogP contribution is -2.46.